The van der Waals surface area contributed by atoms with Crippen molar-refractivity contribution in [2.75, 3.05) is 0 Å². The van der Waals surface area contributed by atoms with Crippen LogP contribution in [0.25, 0.3) is 0 Å². The zero-order chi connectivity index (χ0) is 15.9. The van der Waals surface area contributed by atoms with Crippen molar-refractivity contribution < 1.29 is 5.11 Å². The summed E-state index contributed by atoms with van der Waals surface area (Å²) in [6, 6.07) is 0. The monoisotopic (exact) mass is 290 g/mol. The fraction of sp³-hybridized carbons (Fsp3) is 0.700. The van der Waals surface area contributed by atoms with E-state index in [2.05, 4.69) is 52.8 Å². The molecule has 0 saturated heterocycles. The molecule has 0 bridgehead atoms. The standard InChI is InChI=1S/C20H34O/c1-16(2)20(21)14-12-18(4)10-6-8-17(3)9-7-11-19(5)13-15-20/h8,11-12,16,21H,6-7,9-10,13-15H2,1-5H3/t20-/m1/s1. The topological polar surface area (TPSA) is 20.2 Å². The Morgan fingerprint density at radius 1 is 0.857 bits per heavy atom. The first-order valence-electron chi connectivity index (χ1n) is 8.53. The van der Waals surface area contributed by atoms with Gasteiger partial charge in [0, 0.05) is 0 Å². The molecule has 0 aromatic carbocycles. The average Bonchev–Trinajstić information content (AvgIpc) is 2.42. The third-order valence-electron chi connectivity index (χ3n) is 4.89. The predicted molar refractivity (Wildman–Crippen MR) is 93.4 cm³/mol. The summed E-state index contributed by atoms with van der Waals surface area (Å²) in [7, 11) is 0. The van der Waals surface area contributed by atoms with Crippen molar-refractivity contribution in [3.05, 3.63) is 34.9 Å². The first-order chi connectivity index (χ1) is 9.83. The van der Waals surface area contributed by atoms with E-state index < -0.39 is 5.60 Å². The summed E-state index contributed by atoms with van der Waals surface area (Å²) in [4.78, 5) is 0. The van der Waals surface area contributed by atoms with E-state index in [9.17, 15) is 5.11 Å². The molecule has 0 aliphatic heterocycles. The minimum atomic E-state index is -0.563. The molecule has 1 heteroatoms. The van der Waals surface area contributed by atoms with Crippen molar-refractivity contribution in [1.82, 2.24) is 0 Å². The predicted octanol–water partition coefficient (Wildman–Crippen LogP) is 5.96. The highest BCUT2D eigenvalue weighted by molar-refractivity contribution is 5.09. The van der Waals surface area contributed by atoms with Crippen LogP contribution in [0.3, 0.4) is 0 Å². The molecule has 1 nitrogen and oxygen atoms in total. The van der Waals surface area contributed by atoms with Gasteiger partial charge in [0.25, 0.3) is 0 Å². The van der Waals surface area contributed by atoms with Gasteiger partial charge in [-0.3, -0.25) is 0 Å². The van der Waals surface area contributed by atoms with Crippen molar-refractivity contribution in [1.29, 1.82) is 0 Å². The summed E-state index contributed by atoms with van der Waals surface area (Å²) in [5.74, 6) is 0.296. The van der Waals surface area contributed by atoms with Crippen molar-refractivity contribution >= 4 is 0 Å². The first kappa shape index (κ1) is 18.2. The van der Waals surface area contributed by atoms with Gasteiger partial charge in [0.2, 0.25) is 0 Å². The van der Waals surface area contributed by atoms with Gasteiger partial charge in [-0.05, 0) is 71.6 Å². The molecule has 0 radical (unpaired) electrons. The molecule has 0 aromatic heterocycles. The number of rotatable bonds is 1. The lowest BCUT2D eigenvalue weighted by molar-refractivity contribution is -0.0101. The normalized spacial score (nSPS) is 26.7. The maximum atomic E-state index is 11.0. The minimum Gasteiger partial charge on any atom is -0.389 e. The number of hydrogen-bond donors (Lipinski definition) is 1. The molecule has 1 N–H and O–H groups in total. The van der Waals surface area contributed by atoms with E-state index in [1.165, 1.54) is 16.7 Å². The summed E-state index contributed by atoms with van der Waals surface area (Å²) in [6.45, 7) is 10.9. The van der Waals surface area contributed by atoms with Crippen LogP contribution in [0.2, 0.25) is 0 Å². The van der Waals surface area contributed by atoms with Gasteiger partial charge in [-0.2, -0.15) is 0 Å². The Hall–Kier alpha value is -0.820. The summed E-state index contributed by atoms with van der Waals surface area (Å²) in [5, 5.41) is 11.0. The fourth-order valence-corrected chi connectivity index (χ4v) is 2.79. The highest BCUT2D eigenvalue weighted by Crippen LogP contribution is 2.30. The van der Waals surface area contributed by atoms with Crippen LogP contribution in [0.1, 0.15) is 79.6 Å². The van der Waals surface area contributed by atoms with E-state index >= 15 is 0 Å². The lowest BCUT2D eigenvalue weighted by Gasteiger charge is -2.32. The summed E-state index contributed by atoms with van der Waals surface area (Å²) in [6.07, 6.45) is 14.2. The molecule has 1 atom stereocenters. The molecule has 21 heavy (non-hydrogen) atoms. The van der Waals surface area contributed by atoms with Crippen LogP contribution < -0.4 is 0 Å². The number of aliphatic hydroxyl groups is 1. The molecular formula is C20H34O. The van der Waals surface area contributed by atoms with Gasteiger partial charge in [0.1, 0.15) is 0 Å². The lowest BCUT2D eigenvalue weighted by Crippen LogP contribution is -2.34. The van der Waals surface area contributed by atoms with Gasteiger partial charge < -0.3 is 5.11 Å². The van der Waals surface area contributed by atoms with E-state index in [-0.39, 0.29) is 0 Å². The molecule has 0 saturated carbocycles. The van der Waals surface area contributed by atoms with Gasteiger partial charge in [0.15, 0.2) is 0 Å². The molecule has 0 amide bonds. The van der Waals surface area contributed by atoms with Crippen LogP contribution in [0.4, 0.5) is 0 Å². The lowest BCUT2D eigenvalue weighted by atomic mass is 9.81. The van der Waals surface area contributed by atoms with Gasteiger partial charge in [-0.15, -0.1) is 0 Å². The zero-order valence-electron chi connectivity index (χ0n) is 14.7. The average molecular weight is 290 g/mol. The van der Waals surface area contributed by atoms with Crippen molar-refractivity contribution in [3.63, 3.8) is 0 Å². The molecule has 1 aliphatic rings. The fourth-order valence-electron chi connectivity index (χ4n) is 2.79. The molecule has 0 aromatic rings. The molecule has 1 rings (SSSR count). The van der Waals surface area contributed by atoms with Gasteiger partial charge in [0.05, 0.1) is 5.60 Å². The molecular weight excluding hydrogens is 256 g/mol. The van der Waals surface area contributed by atoms with Crippen LogP contribution in [-0.2, 0) is 0 Å². The van der Waals surface area contributed by atoms with E-state index in [0.29, 0.717) is 5.92 Å². The zero-order valence-corrected chi connectivity index (χ0v) is 14.7. The van der Waals surface area contributed by atoms with Gasteiger partial charge >= 0.3 is 0 Å². The highest BCUT2D eigenvalue weighted by atomic mass is 16.3. The van der Waals surface area contributed by atoms with Crippen LogP contribution in [0.5, 0.6) is 0 Å². The second-order valence-electron chi connectivity index (χ2n) is 7.19. The van der Waals surface area contributed by atoms with E-state index in [1.807, 2.05) is 0 Å². The Bertz CT molecular complexity index is 412. The Kier molecular flexibility index (Phi) is 7.45. The smallest absolute Gasteiger partial charge is 0.0707 e. The maximum absolute atomic E-state index is 11.0. The molecule has 120 valence electrons. The molecule has 0 spiro atoms. The first-order valence-corrected chi connectivity index (χ1v) is 8.53. The van der Waals surface area contributed by atoms with E-state index in [0.717, 1.165) is 44.9 Å². The third-order valence-corrected chi connectivity index (χ3v) is 4.89. The van der Waals surface area contributed by atoms with E-state index in [1.54, 1.807) is 0 Å². The molecule has 0 heterocycles. The third kappa shape index (κ3) is 6.65. The number of allylic oxidation sites excluding steroid dienone is 5. The summed E-state index contributed by atoms with van der Waals surface area (Å²) < 4.78 is 0. The Morgan fingerprint density at radius 3 is 1.86 bits per heavy atom. The van der Waals surface area contributed by atoms with Crippen molar-refractivity contribution in [2.24, 2.45) is 5.92 Å². The summed E-state index contributed by atoms with van der Waals surface area (Å²) in [5.41, 5.74) is 3.76. The van der Waals surface area contributed by atoms with Crippen LogP contribution in [0, 0.1) is 5.92 Å². The second kappa shape index (κ2) is 8.58. The Morgan fingerprint density at radius 2 is 1.33 bits per heavy atom. The van der Waals surface area contributed by atoms with Crippen LogP contribution in [-0.4, -0.2) is 10.7 Å². The van der Waals surface area contributed by atoms with Crippen molar-refractivity contribution in [2.45, 2.75) is 85.2 Å². The maximum Gasteiger partial charge on any atom is 0.0707 e. The Balaban J connectivity index is 2.88. The largest absolute Gasteiger partial charge is 0.389 e. The molecule has 1 aliphatic carbocycles. The highest BCUT2D eigenvalue weighted by Gasteiger charge is 2.29. The molecule has 0 fully saturated rings. The van der Waals surface area contributed by atoms with E-state index in [4.69, 9.17) is 0 Å². The van der Waals surface area contributed by atoms with Crippen LogP contribution >= 0.6 is 0 Å². The quantitative estimate of drug-likeness (QED) is 0.591. The van der Waals surface area contributed by atoms with Gasteiger partial charge in [-0.1, -0.05) is 48.8 Å². The SMILES string of the molecule is CC1=CCCC(C)=CC[C@](O)(C(C)C)CCC(C)=CCC1. The number of hydrogen-bond acceptors (Lipinski definition) is 1. The minimum absolute atomic E-state index is 0.296. The van der Waals surface area contributed by atoms with Crippen molar-refractivity contribution in [3.8, 4) is 0 Å². The molecule has 0 unspecified atom stereocenters. The Labute approximate surface area is 131 Å². The second-order valence-corrected chi connectivity index (χ2v) is 7.19. The van der Waals surface area contributed by atoms with Gasteiger partial charge in [-0.25, -0.2) is 0 Å². The van der Waals surface area contributed by atoms with Crippen LogP contribution in [0.15, 0.2) is 34.9 Å². The summed E-state index contributed by atoms with van der Waals surface area (Å²) >= 11 is 0.